The molecule has 1 aliphatic heterocycles. The average Bonchev–Trinajstić information content (AvgIpc) is 3.24. The first-order valence-corrected chi connectivity index (χ1v) is 6.98. The minimum atomic E-state index is -1.20. The summed E-state index contributed by atoms with van der Waals surface area (Å²) in [5, 5.41) is 12.2. The van der Waals surface area contributed by atoms with Gasteiger partial charge in [0.15, 0.2) is 0 Å². The van der Waals surface area contributed by atoms with Crippen molar-refractivity contribution in [2.24, 2.45) is 0 Å². The predicted molar refractivity (Wildman–Crippen MR) is 70.6 cm³/mol. The van der Waals surface area contributed by atoms with Crippen molar-refractivity contribution in [3.8, 4) is 0 Å². The van der Waals surface area contributed by atoms with Gasteiger partial charge in [-0.25, -0.2) is 9.59 Å². The molecule has 0 spiro atoms. The van der Waals surface area contributed by atoms with E-state index in [9.17, 15) is 14.7 Å². The lowest BCUT2D eigenvalue weighted by Gasteiger charge is -2.36. The molecule has 2 fully saturated rings. The number of carboxylic acid groups (broad SMARTS) is 1. The normalized spacial score (nSPS) is 21.2. The summed E-state index contributed by atoms with van der Waals surface area (Å²) in [5.41, 5.74) is -1.20. The van der Waals surface area contributed by atoms with Gasteiger partial charge in [-0.05, 0) is 12.8 Å². The lowest BCUT2D eigenvalue weighted by atomic mass is 9.90. The molecule has 2 amide bonds. The number of aliphatic carboxylic acids is 1. The van der Waals surface area contributed by atoms with Gasteiger partial charge in [0.2, 0.25) is 0 Å². The number of carboxylic acids is 1. The van der Waals surface area contributed by atoms with Gasteiger partial charge in [-0.2, -0.15) is 0 Å². The molecule has 2 rings (SSSR count). The fourth-order valence-corrected chi connectivity index (χ4v) is 2.41. The Balaban J connectivity index is 2.00. The van der Waals surface area contributed by atoms with Crippen LogP contribution in [0.3, 0.4) is 0 Å². The maximum atomic E-state index is 12.4. The van der Waals surface area contributed by atoms with Crippen molar-refractivity contribution in [1.29, 1.82) is 0 Å². The Morgan fingerprint density at radius 2 is 2.05 bits per heavy atom. The molecule has 7 heteroatoms. The van der Waals surface area contributed by atoms with E-state index in [1.54, 1.807) is 12.0 Å². The van der Waals surface area contributed by atoms with E-state index >= 15 is 0 Å². The van der Waals surface area contributed by atoms with Gasteiger partial charge in [-0.1, -0.05) is 0 Å². The largest absolute Gasteiger partial charge is 0.480 e. The minimum absolute atomic E-state index is 0.218. The summed E-state index contributed by atoms with van der Waals surface area (Å²) >= 11 is 0. The lowest BCUT2D eigenvalue weighted by molar-refractivity contribution is -0.148. The zero-order chi connectivity index (χ0) is 14.6. The first kappa shape index (κ1) is 15.1. The highest BCUT2D eigenvalue weighted by Crippen LogP contribution is 2.28. The molecule has 1 aliphatic carbocycles. The van der Waals surface area contributed by atoms with E-state index in [1.165, 1.54) is 0 Å². The molecule has 7 nitrogen and oxygen atoms in total. The third-order valence-corrected chi connectivity index (χ3v) is 3.89. The summed E-state index contributed by atoms with van der Waals surface area (Å²) in [4.78, 5) is 25.6. The highest BCUT2D eigenvalue weighted by molar-refractivity contribution is 5.86. The molecule has 0 aromatic rings. The van der Waals surface area contributed by atoms with Crippen LogP contribution in [0.15, 0.2) is 0 Å². The molecular weight excluding hydrogens is 264 g/mol. The lowest BCUT2D eigenvalue weighted by Crippen LogP contribution is -2.60. The Morgan fingerprint density at radius 1 is 1.40 bits per heavy atom. The summed E-state index contributed by atoms with van der Waals surface area (Å²) in [6, 6.07) is -0.0929. The van der Waals surface area contributed by atoms with E-state index in [0.717, 1.165) is 12.8 Å². The maximum absolute atomic E-state index is 12.4. The Hall–Kier alpha value is -1.34. The van der Waals surface area contributed by atoms with E-state index in [4.69, 9.17) is 9.47 Å². The number of urea groups is 1. The average molecular weight is 286 g/mol. The van der Waals surface area contributed by atoms with E-state index in [1.807, 2.05) is 0 Å². The number of hydrogen-bond donors (Lipinski definition) is 2. The predicted octanol–water partition coefficient (Wildman–Crippen LogP) is 0.441. The highest BCUT2D eigenvalue weighted by atomic mass is 16.5. The Labute approximate surface area is 118 Å². The number of rotatable bonds is 6. The molecule has 0 atom stereocenters. The van der Waals surface area contributed by atoms with Gasteiger partial charge < -0.3 is 24.8 Å². The van der Waals surface area contributed by atoms with Crippen LogP contribution in [0.1, 0.15) is 25.7 Å². The van der Waals surface area contributed by atoms with Crippen LogP contribution in [0, 0.1) is 0 Å². The fourth-order valence-electron chi connectivity index (χ4n) is 2.41. The van der Waals surface area contributed by atoms with Gasteiger partial charge in [0.1, 0.15) is 5.54 Å². The van der Waals surface area contributed by atoms with Crippen molar-refractivity contribution in [3.05, 3.63) is 0 Å². The summed E-state index contributed by atoms with van der Waals surface area (Å²) in [6.45, 7) is 1.65. The highest BCUT2D eigenvalue weighted by Gasteiger charge is 2.44. The Kier molecular flexibility index (Phi) is 4.82. The van der Waals surface area contributed by atoms with Crippen molar-refractivity contribution in [2.75, 3.05) is 33.5 Å². The summed E-state index contributed by atoms with van der Waals surface area (Å²) in [5.74, 6) is -0.989. The quantitative estimate of drug-likeness (QED) is 0.739. The number of nitrogens with zero attached hydrogens (tertiary/aromatic N) is 1. The van der Waals surface area contributed by atoms with Crippen LogP contribution in [0.4, 0.5) is 4.79 Å². The minimum Gasteiger partial charge on any atom is -0.480 e. The van der Waals surface area contributed by atoms with Crippen LogP contribution in [-0.4, -0.2) is 67.1 Å². The second kappa shape index (κ2) is 6.41. The van der Waals surface area contributed by atoms with Crippen LogP contribution < -0.4 is 5.32 Å². The molecule has 0 bridgehead atoms. The zero-order valence-electron chi connectivity index (χ0n) is 11.8. The van der Waals surface area contributed by atoms with Crippen LogP contribution in [0.2, 0.25) is 0 Å². The maximum Gasteiger partial charge on any atom is 0.329 e. The molecule has 0 aromatic heterocycles. The molecule has 2 aliphatic rings. The van der Waals surface area contributed by atoms with Gasteiger partial charge in [0.05, 0.1) is 6.61 Å². The number of methoxy groups -OCH3 is 1. The van der Waals surface area contributed by atoms with E-state index in [0.29, 0.717) is 39.2 Å². The topological polar surface area (TPSA) is 88.1 Å². The monoisotopic (exact) mass is 286 g/mol. The van der Waals surface area contributed by atoms with Crippen LogP contribution in [-0.2, 0) is 14.3 Å². The molecule has 2 N–H and O–H groups in total. The summed E-state index contributed by atoms with van der Waals surface area (Å²) < 4.78 is 10.2. The van der Waals surface area contributed by atoms with Crippen LogP contribution in [0.25, 0.3) is 0 Å². The zero-order valence-corrected chi connectivity index (χ0v) is 11.8. The first-order chi connectivity index (χ1) is 9.59. The number of hydrogen-bond acceptors (Lipinski definition) is 4. The molecule has 1 saturated heterocycles. The third kappa shape index (κ3) is 3.40. The van der Waals surface area contributed by atoms with Crippen molar-refractivity contribution < 1.29 is 24.2 Å². The third-order valence-electron chi connectivity index (χ3n) is 3.89. The summed E-state index contributed by atoms with van der Waals surface area (Å²) in [6.07, 6.45) is 2.55. The second-order valence-electron chi connectivity index (χ2n) is 5.35. The van der Waals surface area contributed by atoms with Gasteiger partial charge >= 0.3 is 12.0 Å². The fraction of sp³-hybridized carbons (Fsp3) is 0.846. The molecule has 1 heterocycles. The van der Waals surface area contributed by atoms with Crippen molar-refractivity contribution in [1.82, 2.24) is 10.2 Å². The standard InChI is InChI=1S/C13H22N2O5/c1-19-9-6-15(10-2-3-10)12(18)14-13(11(16)17)4-7-20-8-5-13/h10H,2-9H2,1H3,(H,14,18)(H,16,17). The van der Waals surface area contributed by atoms with Gasteiger partial charge in [0, 0.05) is 45.8 Å². The molecule has 114 valence electrons. The van der Waals surface area contributed by atoms with Gasteiger partial charge in [-0.15, -0.1) is 0 Å². The number of carbonyl (C=O) groups excluding carboxylic acids is 1. The smallest absolute Gasteiger partial charge is 0.329 e. The molecular formula is C13H22N2O5. The molecule has 0 aromatic carbocycles. The van der Waals surface area contributed by atoms with Crippen LogP contribution >= 0.6 is 0 Å². The molecule has 1 saturated carbocycles. The van der Waals surface area contributed by atoms with E-state index in [-0.39, 0.29) is 12.1 Å². The Bertz CT molecular complexity index is 364. The SMILES string of the molecule is COCCN(C(=O)NC1(C(=O)O)CCOCC1)C1CC1. The van der Waals surface area contributed by atoms with Crippen LogP contribution in [0.5, 0.6) is 0 Å². The summed E-state index contributed by atoms with van der Waals surface area (Å²) in [7, 11) is 1.58. The first-order valence-electron chi connectivity index (χ1n) is 6.98. The number of ether oxygens (including phenoxy) is 2. The number of nitrogens with one attached hydrogen (secondary N) is 1. The van der Waals surface area contributed by atoms with Crippen molar-refractivity contribution in [3.63, 3.8) is 0 Å². The van der Waals surface area contributed by atoms with Crippen molar-refractivity contribution in [2.45, 2.75) is 37.3 Å². The number of carbonyl (C=O) groups is 2. The second-order valence-corrected chi connectivity index (χ2v) is 5.35. The van der Waals surface area contributed by atoms with E-state index in [2.05, 4.69) is 5.32 Å². The van der Waals surface area contributed by atoms with Gasteiger partial charge in [-0.3, -0.25) is 0 Å². The molecule has 0 radical (unpaired) electrons. The van der Waals surface area contributed by atoms with Gasteiger partial charge in [0.25, 0.3) is 0 Å². The molecule has 20 heavy (non-hydrogen) atoms. The Morgan fingerprint density at radius 3 is 2.55 bits per heavy atom. The van der Waals surface area contributed by atoms with E-state index < -0.39 is 11.5 Å². The van der Waals surface area contributed by atoms with Crippen molar-refractivity contribution >= 4 is 12.0 Å². The molecule has 0 unspecified atom stereocenters. The number of amides is 2.